The lowest BCUT2D eigenvalue weighted by Crippen LogP contribution is -2.50. The number of nitrogens with one attached hydrogen (secondary N) is 1. The van der Waals surface area contributed by atoms with Crippen LogP contribution in [-0.4, -0.2) is 29.8 Å². The van der Waals surface area contributed by atoms with Crippen LogP contribution >= 0.6 is 0 Å². The molecule has 0 heterocycles. The van der Waals surface area contributed by atoms with Crippen molar-refractivity contribution in [3.8, 4) is 0 Å². The first-order chi connectivity index (χ1) is 12.3. The van der Waals surface area contributed by atoms with Crippen molar-refractivity contribution >= 4 is 11.8 Å². The third-order valence-electron chi connectivity index (χ3n) is 4.29. The van der Waals surface area contributed by atoms with Gasteiger partial charge in [0.15, 0.2) is 0 Å². The van der Waals surface area contributed by atoms with Crippen molar-refractivity contribution in [3.05, 3.63) is 71.0 Å². The minimum Gasteiger partial charge on any atom is -0.340 e. The first kappa shape index (κ1) is 19.6. The van der Waals surface area contributed by atoms with Gasteiger partial charge in [-0.3, -0.25) is 9.59 Å². The summed E-state index contributed by atoms with van der Waals surface area (Å²) >= 11 is 0. The lowest BCUT2D eigenvalue weighted by Gasteiger charge is -2.27. The van der Waals surface area contributed by atoms with E-state index in [-0.39, 0.29) is 30.1 Å². The van der Waals surface area contributed by atoms with Crippen molar-refractivity contribution in [1.29, 1.82) is 0 Å². The molecular formula is C21H25FN2O2. The highest BCUT2D eigenvalue weighted by Crippen LogP contribution is 2.13. The minimum absolute atomic E-state index is 0.0783. The summed E-state index contributed by atoms with van der Waals surface area (Å²) in [5.74, 6) is -0.887. The molecule has 0 aliphatic heterocycles. The molecule has 1 atom stereocenters. The van der Waals surface area contributed by atoms with Crippen LogP contribution in [0.5, 0.6) is 0 Å². The van der Waals surface area contributed by atoms with Gasteiger partial charge in [0.2, 0.25) is 5.91 Å². The summed E-state index contributed by atoms with van der Waals surface area (Å²) in [5, 5.41) is 2.85. The number of amides is 2. The number of aryl methyl sites for hydroxylation is 1. The summed E-state index contributed by atoms with van der Waals surface area (Å²) in [6.07, 6.45) is 0. The zero-order valence-electron chi connectivity index (χ0n) is 15.6. The summed E-state index contributed by atoms with van der Waals surface area (Å²) in [7, 11) is 1.66. The molecule has 0 saturated carbocycles. The quantitative estimate of drug-likeness (QED) is 0.861. The molecule has 26 heavy (non-hydrogen) atoms. The Morgan fingerprint density at radius 2 is 1.81 bits per heavy atom. The highest BCUT2D eigenvalue weighted by molar-refractivity contribution is 5.98. The largest absolute Gasteiger partial charge is 0.340 e. The third kappa shape index (κ3) is 4.91. The molecule has 0 spiro atoms. The van der Waals surface area contributed by atoms with Crippen molar-refractivity contribution in [1.82, 2.24) is 10.2 Å². The van der Waals surface area contributed by atoms with Gasteiger partial charge in [-0.15, -0.1) is 0 Å². The van der Waals surface area contributed by atoms with E-state index in [0.29, 0.717) is 11.1 Å². The van der Waals surface area contributed by atoms with Gasteiger partial charge in [-0.2, -0.15) is 0 Å². The smallest absolute Gasteiger partial charge is 0.252 e. The van der Waals surface area contributed by atoms with Crippen LogP contribution in [0.4, 0.5) is 4.39 Å². The second kappa shape index (κ2) is 8.61. The molecule has 0 saturated heterocycles. The van der Waals surface area contributed by atoms with Crippen molar-refractivity contribution in [2.75, 3.05) is 7.05 Å². The van der Waals surface area contributed by atoms with Crippen LogP contribution in [0.2, 0.25) is 0 Å². The molecule has 2 rings (SSSR count). The zero-order chi connectivity index (χ0) is 19.3. The maximum Gasteiger partial charge on any atom is 0.252 e. The average molecular weight is 356 g/mol. The summed E-state index contributed by atoms with van der Waals surface area (Å²) in [6.45, 7) is 5.91. The lowest BCUT2D eigenvalue weighted by atomic mass is 10.0. The Morgan fingerprint density at radius 1 is 1.12 bits per heavy atom. The van der Waals surface area contributed by atoms with E-state index >= 15 is 0 Å². The Bertz CT molecular complexity index is 789. The second-order valence-corrected chi connectivity index (χ2v) is 6.83. The highest BCUT2D eigenvalue weighted by Gasteiger charge is 2.27. The summed E-state index contributed by atoms with van der Waals surface area (Å²) in [6, 6.07) is 12.8. The monoisotopic (exact) mass is 356 g/mol. The third-order valence-corrected chi connectivity index (χ3v) is 4.29. The average Bonchev–Trinajstić information content (AvgIpc) is 2.59. The van der Waals surface area contributed by atoms with Crippen LogP contribution < -0.4 is 5.32 Å². The molecule has 2 aromatic rings. The zero-order valence-corrected chi connectivity index (χ0v) is 15.6. The highest BCUT2D eigenvalue weighted by atomic mass is 19.1. The number of carbonyl (C=O) groups excluding carboxylic acids is 2. The molecule has 0 radical (unpaired) electrons. The molecule has 0 aromatic heterocycles. The first-order valence-corrected chi connectivity index (χ1v) is 8.65. The Hall–Kier alpha value is -2.69. The molecule has 0 aliphatic rings. The van der Waals surface area contributed by atoms with Gasteiger partial charge in [-0.05, 0) is 42.2 Å². The van der Waals surface area contributed by atoms with Crippen LogP contribution in [0.15, 0.2) is 48.5 Å². The lowest BCUT2D eigenvalue weighted by molar-refractivity contribution is -0.133. The number of hydrogen-bond acceptors (Lipinski definition) is 2. The van der Waals surface area contributed by atoms with E-state index in [1.165, 1.54) is 17.0 Å². The summed E-state index contributed by atoms with van der Waals surface area (Å²) < 4.78 is 13.3. The fourth-order valence-corrected chi connectivity index (χ4v) is 2.78. The van der Waals surface area contributed by atoms with E-state index in [2.05, 4.69) is 5.32 Å². The molecule has 4 nitrogen and oxygen atoms in total. The maximum absolute atomic E-state index is 13.3. The molecule has 0 bridgehead atoms. The van der Waals surface area contributed by atoms with Gasteiger partial charge in [-0.25, -0.2) is 4.39 Å². The molecule has 5 heteroatoms. The fraction of sp³-hybridized carbons (Fsp3) is 0.333. The second-order valence-electron chi connectivity index (χ2n) is 6.83. The van der Waals surface area contributed by atoms with E-state index in [1.54, 1.807) is 31.3 Å². The van der Waals surface area contributed by atoms with Crippen LogP contribution in [0.1, 0.15) is 35.3 Å². The summed E-state index contributed by atoms with van der Waals surface area (Å²) in [5.41, 5.74) is 2.11. The van der Waals surface area contributed by atoms with E-state index < -0.39 is 6.04 Å². The van der Waals surface area contributed by atoms with Gasteiger partial charge in [-0.1, -0.05) is 44.2 Å². The molecule has 1 unspecified atom stereocenters. The number of carbonyl (C=O) groups is 2. The van der Waals surface area contributed by atoms with Gasteiger partial charge < -0.3 is 10.2 Å². The number of likely N-dealkylation sites (N-methyl/N-ethyl adjacent to an activating group) is 1. The number of hydrogen-bond donors (Lipinski definition) is 1. The Labute approximate surface area is 154 Å². The SMILES string of the molecule is Cc1ccccc1C(=O)NC(C(=O)N(C)Cc1cccc(F)c1)C(C)C. The number of rotatable bonds is 6. The molecular weight excluding hydrogens is 331 g/mol. The standard InChI is InChI=1S/C21H25FN2O2/c1-14(2)19(23-20(25)18-11-6-5-8-15(18)3)21(26)24(4)13-16-9-7-10-17(22)12-16/h5-12,14,19H,13H2,1-4H3,(H,23,25). The van der Waals surface area contributed by atoms with Crippen LogP contribution in [0, 0.1) is 18.7 Å². The predicted molar refractivity (Wildman–Crippen MR) is 100 cm³/mol. The molecule has 2 aromatic carbocycles. The van der Waals surface area contributed by atoms with Gasteiger partial charge in [0.25, 0.3) is 5.91 Å². The van der Waals surface area contributed by atoms with Crippen LogP contribution in [-0.2, 0) is 11.3 Å². The van der Waals surface area contributed by atoms with Crippen molar-refractivity contribution in [2.45, 2.75) is 33.4 Å². The number of nitrogens with zero attached hydrogens (tertiary/aromatic N) is 1. The van der Waals surface area contributed by atoms with E-state index in [9.17, 15) is 14.0 Å². The van der Waals surface area contributed by atoms with Crippen LogP contribution in [0.25, 0.3) is 0 Å². The van der Waals surface area contributed by atoms with E-state index in [4.69, 9.17) is 0 Å². The molecule has 1 N–H and O–H groups in total. The van der Waals surface area contributed by atoms with Crippen LogP contribution in [0.3, 0.4) is 0 Å². The van der Waals surface area contributed by atoms with Crippen molar-refractivity contribution in [2.24, 2.45) is 5.92 Å². The first-order valence-electron chi connectivity index (χ1n) is 8.65. The Kier molecular flexibility index (Phi) is 6.50. The van der Waals surface area contributed by atoms with Gasteiger partial charge in [0, 0.05) is 19.2 Å². The maximum atomic E-state index is 13.3. The van der Waals surface area contributed by atoms with Gasteiger partial charge >= 0.3 is 0 Å². The Balaban J connectivity index is 2.11. The number of benzene rings is 2. The molecule has 2 amide bonds. The van der Waals surface area contributed by atoms with Crippen molar-refractivity contribution in [3.63, 3.8) is 0 Å². The normalized spacial score (nSPS) is 11.9. The minimum atomic E-state index is -0.652. The predicted octanol–water partition coefficient (Wildman–Crippen LogP) is 3.55. The molecule has 0 aliphatic carbocycles. The molecule has 0 fully saturated rings. The number of halogens is 1. The Morgan fingerprint density at radius 3 is 2.42 bits per heavy atom. The summed E-state index contributed by atoms with van der Waals surface area (Å²) in [4.78, 5) is 26.9. The van der Waals surface area contributed by atoms with E-state index in [0.717, 1.165) is 5.56 Å². The molecule has 138 valence electrons. The van der Waals surface area contributed by atoms with Crippen molar-refractivity contribution < 1.29 is 14.0 Å². The topological polar surface area (TPSA) is 49.4 Å². The fourth-order valence-electron chi connectivity index (χ4n) is 2.78. The van der Waals surface area contributed by atoms with E-state index in [1.807, 2.05) is 32.9 Å². The van der Waals surface area contributed by atoms with Gasteiger partial charge in [0.05, 0.1) is 0 Å². The van der Waals surface area contributed by atoms with Gasteiger partial charge in [0.1, 0.15) is 11.9 Å².